The quantitative estimate of drug-likeness (QED) is 0.756. The largest absolute Gasteiger partial charge is 0.390 e. The first-order valence-electron chi connectivity index (χ1n) is 5.89. The predicted octanol–water partition coefficient (Wildman–Crippen LogP) is 2.60. The van der Waals surface area contributed by atoms with Gasteiger partial charge in [-0.3, -0.25) is 0 Å². The third-order valence-corrected chi connectivity index (χ3v) is 3.63. The van der Waals surface area contributed by atoms with Crippen molar-refractivity contribution in [1.29, 1.82) is 0 Å². The zero-order valence-corrected chi connectivity index (χ0v) is 9.70. The number of hydrogen-bond acceptors (Lipinski definition) is 2. The zero-order chi connectivity index (χ0) is 10.6. The summed E-state index contributed by atoms with van der Waals surface area (Å²) in [6.07, 6.45) is 5.56. The minimum Gasteiger partial charge on any atom is -0.390 e. The van der Waals surface area contributed by atoms with Gasteiger partial charge >= 0.3 is 0 Å². The molecule has 1 aliphatic rings. The molecule has 0 radical (unpaired) electrons. The zero-order valence-electron chi connectivity index (χ0n) is 9.70. The molecule has 0 spiro atoms. The standard InChI is InChI=1S/C12H24O2/c1-4-11(14-3)12(13)10-7-5-9(2)6-8-10/h9-13H,4-8H2,1-3H3. The molecule has 1 aliphatic carbocycles. The summed E-state index contributed by atoms with van der Waals surface area (Å²) < 4.78 is 5.29. The third kappa shape index (κ3) is 2.96. The Balaban J connectivity index is 2.39. The summed E-state index contributed by atoms with van der Waals surface area (Å²) in [5, 5.41) is 10.1. The molecule has 0 aromatic rings. The summed E-state index contributed by atoms with van der Waals surface area (Å²) in [4.78, 5) is 0. The van der Waals surface area contributed by atoms with Gasteiger partial charge in [-0.2, -0.15) is 0 Å². The van der Waals surface area contributed by atoms with Gasteiger partial charge in [0.1, 0.15) is 0 Å². The molecule has 1 N–H and O–H groups in total. The summed E-state index contributed by atoms with van der Waals surface area (Å²) in [6.45, 7) is 4.37. The van der Waals surface area contributed by atoms with Crippen LogP contribution in [-0.4, -0.2) is 24.4 Å². The van der Waals surface area contributed by atoms with Gasteiger partial charge in [0, 0.05) is 7.11 Å². The molecule has 1 saturated carbocycles. The lowest BCUT2D eigenvalue weighted by atomic mass is 9.78. The van der Waals surface area contributed by atoms with Crippen LogP contribution >= 0.6 is 0 Å². The maximum atomic E-state index is 10.1. The Kier molecular flexibility index (Phi) is 4.90. The van der Waals surface area contributed by atoms with Crippen molar-refractivity contribution < 1.29 is 9.84 Å². The molecular weight excluding hydrogens is 176 g/mol. The van der Waals surface area contributed by atoms with E-state index in [1.165, 1.54) is 25.7 Å². The number of hydrogen-bond donors (Lipinski definition) is 1. The van der Waals surface area contributed by atoms with Crippen molar-refractivity contribution >= 4 is 0 Å². The first kappa shape index (κ1) is 12.0. The van der Waals surface area contributed by atoms with E-state index < -0.39 is 0 Å². The molecule has 0 aliphatic heterocycles. The molecule has 0 heterocycles. The fraction of sp³-hybridized carbons (Fsp3) is 1.00. The summed E-state index contributed by atoms with van der Waals surface area (Å²) in [7, 11) is 1.70. The lowest BCUT2D eigenvalue weighted by molar-refractivity contribution is -0.0529. The minimum absolute atomic E-state index is 0.0356. The van der Waals surface area contributed by atoms with Crippen molar-refractivity contribution in [1.82, 2.24) is 0 Å². The van der Waals surface area contributed by atoms with Gasteiger partial charge in [0.25, 0.3) is 0 Å². The van der Waals surface area contributed by atoms with E-state index in [1.54, 1.807) is 7.11 Å². The highest BCUT2D eigenvalue weighted by Gasteiger charge is 2.29. The van der Waals surface area contributed by atoms with Crippen LogP contribution in [0.2, 0.25) is 0 Å². The highest BCUT2D eigenvalue weighted by molar-refractivity contribution is 4.80. The van der Waals surface area contributed by atoms with Crippen molar-refractivity contribution in [3.05, 3.63) is 0 Å². The monoisotopic (exact) mass is 200 g/mol. The summed E-state index contributed by atoms with van der Waals surface area (Å²) in [5.74, 6) is 1.32. The van der Waals surface area contributed by atoms with Crippen molar-refractivity contribution in [2.45, 2.75) is 58.2 Å². The van der Waals surface area contributed by atoms with Gasteiger partial charge in [-0.25, -0.2) is 0 Å². The van der Waals surface area contributed by atoms with Crippen molar-refractivity contribution in [3.63, 3.8) is 0 Å². The Hall–Kier alpha value is -0.0800. The van der Waals surface area contributed by atoms with Gasteiger partial charge < -0.3 is 9.84 Å². The molecular formula is C12H24O2. The van der Waals surface area contributed by atoms with Gasteiger partial charge in [0.2, 0.25) is 0 Å². The normalized spacial score (nSPS) is 32.6. The van der Waals surface area contributed by atoms with Crippen LogP contribution in [0.15, 0.2) is 0 Å². The second kappa shape index (κ2) is 5.72. The van der Waals surface area contributed by atoms with E-state index in [1.807, 2.05) is 0 Å². The van der Waals surface area contributed by atoms with Crippen LogP contribution in [-0.2, 0) is 4.74 Å². The van der Waals surface area contributed by atoms with E-state index in [0.29, 0.717) is 5.92 Å². The van der Waals surface area contributed by atoms with Crippen LogP contribution in [0.3, 0.4) is 0 Å². The second-order valence-electron chi connectivity index (χ2n) is 4.69. The average molecular weight is 200 g/mol. The second-order valence-corrected chi connectivity index (χ2v) is 4.69. The predicted molar refractivity (Wildman–Crippen MR) is 58.2 cm³/mol. The molecule has 14 heavy (non-hydrogen) atoms. The Morgan fingerprint density at radius 3 is 2.29 bits per heavy atom. The fourth-order valence-electron chi connectivity index (χ4n) is 2.48. The lowest BCUT2D eigenvalue weighted by Crippen LogP contribution is -2.36. The number of aliphatic hydroxyl groups is 1. The summed E-state index contributed by atoms with van der Waals surface area (Å²) in [6, 6.07) is 0. The van der Waals surface area contributed by atoms with Gasteiger partial charge in [0.15, 0.2) is 0 Å². The molecule has 0 saturated heterocycles. The van der Waals surface area contributed by atoms with E-state index in [-0.39, 0.29) is 12.2 Å². The summed E-state index contributed by atoms with van der Waals surface area (Å²) >= 11 is 0. The number of rotatable bonds is 4. The van der Waals surface area contributed by atoms with Crippen LogP contribution in [0, 0.1) is 11.8 Å². The third-order valence-electron chi connectivity index (χ3n) is 3.63. The topological polar surface area (TPSA) is 29.5 Å². The molecule has 2 atom stereocenters. The maximum Gasteiger partial charge on any atom is 0.0830 e. The smallest absolute Gasteiger partial charge is 0.0830 e. The van der Waals surface area contributed by atoms with Gasteiger partial charge in [-0.05, 0) is 31.1 Å². The van der Waals surface area contributed by atoms with Crippen LogP contribution in [0.1, 0.15) is 46.0 Å². The first-order valence-corrected chi connectivity index (χ1v) is 5.89. The Morgan fingerprint density at radius 1 is 1.29 bits per heavy atom. The van der Waals surface area contributed by atoms with Gasteiger partial charge in [-0.15, -0.1) is 0 Å². The first-order chi connectivity index (χ1) is 6.69. The number of aliphatic hydroxyl groups excluding tert-OH is 1. The van der Waals surface area contributed by atoms with Gasteiger partial charge in [0.05, 0.1) is 12.2 Å². The van der Waals surface area contributed by atoms with E-state index in [9.17, 15) is 5.11 Å². The Morgan fingerprint density at radius 2 is 1.86 bits per heavy atom. The minimum atomic E-state index is -0.252. The molecule has 84 valence electrons. The molecule has 1 rings (SSSR count). The summed E-state index contributed by atoms with van der Waals surface area (Å²) in [5.41, 5.74) is 0. The van der Waals surface area contributed by atoms with Crippen LogP contribution < -0.4 is 0 Å². The van der Waals surface area contributed by atoms with Crippen molar-refractivity contribution in [2.75, 3.05) is 7.11 Å². The molecule has 0 amide bonds. The Labute approximate surface area is 87.7 Å². The number of ether oxygens (including phenoxy) is 1. The van der Waals surface area contributed by atoms with E-state index in [0.717, 1.165) is 12.3 Å². The molecule has 2 nitrogen and oxygen atoms in total. The van der Waals surface area contributed by atoms with Crippen LogP contribution in [0.25, 0.3) is 0 Å². The van der Waals surface area contributed by atoms with Gasteiger partial charge in [-0.1, -0.05) is 26.7 Å². The maximum absolute atomic E-state index is 10.1. The molecule has 0 aromatic heterocycles. The van der Waals surface area contributed by atoms with E-state index in [2.05, 4.69) is 13.8 Å². The average Bonchev–Trinajstić information content (AvgIpc) is 2.20. The molecule has 1 fully saturated rings. The highest BCUT2D eigenvalue weighted by Crippen LogP contribution is 2.32. The highest BCUT2D eigenvalue weighted by atomic mass is 16.5. The van der Waals surface area contributed by atoms with Crippen LogP contribution in [0.5, 0.6) is 0 Å². The van der Waals surface area contributed by atoms with Crippen LogP contribution in [0.4, 0.5) is 0 Å². The Bertz CT molecular complexity index is 146. The molecule has 2 heteroatoms. The molecule has 2 unspecified atom stereocenters. The van der Waals surface area contributed by atoms with Crippen molar-refractivity contribution in [2.24, 2.45) is 11.8 Å². The van der Waals surface area contributed by atoms with E-state index >= 15 is 0 Å². The van der Waals surface area contributed by atoms with Crippen molar-refractivity contribution in [3.8, 4) is 0 Å². The SMILES string of the molecule is CCC(OC)C(O)C1CCC(C)CC1. The van der Waals surface area contributed by atoms with E-state index in [4.69, 9.17) is 4.74 Å². The number of methoxy groups -OCH3 is 1. The molecule has 0 bridgehead atoms. The fourth-order valence-corrected chi connectivity index (χ4v) is 2.48. The lowest BCUT2D eigenvalue weighted by Gasteiger charge is -2.33. The molecule has 0 aromatic carbocycles.